The molecule has 0 atom stereocenters. The van der Waals surface area contributed by atoms with Gasteiger partial charge in [0.15, 0.2) is 11.6 Å². The first-order valence-corrected chi connectivity index (χ1v) is 6.82. The Kier molecular flexibility index (Phi) is 6.64. The predicted molar refractivity (Wildman–Crippen MR) is 74.0 cm³/mol. The van der Waals surface area contributed by atoms with Crippen LogP contribution in [0.4, 0.5) is 4.39 Å². The molecule has 0 N–H and O–H groups in total. The molecule has 0 aliphatic carbocycles. The van der Waals surface area contributed by atoms with Crippen molar-refractivity contribution in [2.75, 3.05) is 19.5 Å². The van der Waals surface area contributed by atoms with Gasteiger partial charge in [0, 0.05) is 25.4 Å². The van der Waals surface area contributed by atoms with Crippen LogP contribution in [0.15, 0.2) is 18.2 Å². The molecule has 3 nitrogen and oxygen atoms in total. The number of methoxy groups -OCH3 is 1. The molecule has 0 aliphatic rings. The monoisotopic (exact) mass is 287 g/mol. The molecule has 1 aromatic rings. The fourth-order valence-corrected chi connectivity index (χ4v) is 1.91. The minimum Gasteiger partial charge on any atom is -0.494 e. The second kappa shape index (κ2) is 8.00. The van der Waals surface area contributed by atoms with Crippen LogP contribution in [0, 0.1) is 5.82 Å². The first-order chi connectivity index (χ1) is 9.12. The molecule has 0 bridgehead atoms. The van der Waals surface area contributed by atoms with Crippen molar-refractivity contribution in [2.45, 2.75) is 26.3 Å². The number of ether oxygens (including phenoxy) is 1. The Morgan fingerprint density at radius 1 is 1.47 bits per heavy atom. The number of carbonyl (C=O) groups excluding carboxylic acids is 1. The summed E-state index contributed by atoms with van der Waals surface area (Å²) in [6.45, 7) is 2.89. The maximum Gasteiger partial charge on any atom is 0.222 e. The van der Waals surface area contributed by atoms with Crippen molar-refractivity contribution in [3.8, 4) is 5.75 Å². The Labute approximate surface area is 118 Å². The highest BCUT2D eigenvalue weighted by Gasteiger charge is 2.12. The van der Waals surface area contributed by atoms with Crippen molar-refractivity contribution in [3.05, 3.63) is 29.6 Å². The topological polar surface area (TPSA) is 29.5 Å². The van der Waals surface area contributed by atoms with Crippen molar-refractivity contribution >= 4 is 17.5 Å². The number of hydrogen-bond acceptors (Lipinski definition) is 2. The lowest BCUT2D eigenvalue weighted by atomic mass is 10.2. The Hall–Kier alpha value is -1.29. The molecule has 1 amide bonds. The molecule has 0 aliphatic heterocycles. The predicted octanol–water partition coefficient (Wildman–Crippen LogP) is 3.20. The number of benzene rings is 1. The maximum absolute atomic E-state index is 13.6. The van der Waals surface area contributed by atoms with Crippen LogP contribution in [0.2, 0.25) is 0 Å². The molecule has 0 saturated carbocycles. The van der Waals surface area contributed by atoms with Gasteiger partial charge in [0.2, 0.25) is 5.91 Å². The highest BCUT2D eigenvalue weighted by atomic mass is 35.5. The summed E-state index contributed by atoms with van der Waals surface area (Å²) in [5.41, 5.74) is 0.749. The number of hydrogen-bond donors (Lipinski definition) is 0. The Bertz CT molecular complexity index is 426. The first-order valence-electron chi connectivity index (χ1n) is 6.28. The second-order valence-corrected chi connectivity index (χ2v) is 4.55. The molecule has 1 aromatic carbocycles. The van der Waals surface area contributed by atoms with Crippen molar-refractivity contribution in [1.82, 2.24) is 4.90 Å². The van der Waals surface area contributed by atoms with Gasteiger partial charge in [-0.2, -0.15) is 0 Å². The van der Waals surface area contributed by atoms with Gasteiger partial charge in [-0.3, -0.25) is 4.79 Å². The third-order valence-electron chi connectivity index (χ3n) is 2.85. The summed E-state index contributed by atoms with van der Waals surface area (Å²) in [5, 5.41) is 0. The quantitative estimate of drug-likeness (QED) is 0.721. The molecule has 0 saturated heterocycles. The molecule has 1 rings (SSSR count). The van der Waals surface area contributed by atoms with Crippen LogP contribution in [-0.4, -0.2) is 30.3 Å². The average Bonchev–Trinajstić information content (AvgIpc) is 2.42. The lowest BCUT2D eigenvalue weighted by molar-refractivity contribution is -0.131. The summed E-state index contributed by atoms with van der Waals surface area (Å²) in [6.07, 6.45) is 1.09. The molecule has 0 aromatic heterocycles. The van der Waals surface area contributed by atoms with Crippen LogP contribution < -0.4 is 4.74 Å². The average molecular weight is 288 g/mol. The van der Waals surface area contributed by atoms with Gasteiger partial charge in [0.1, 0.15) is 0 Å². The summed E-state index contributed by atoms with van der Waals surface area (Å²) in [7, 11) is 1.42. The number of carbonyl (C=O) groups is 1. The lowest BCUT2D eigenvalue weighted by Gasteiger charge is -2.21. The second-order valence-electron chi connectivity index (χ2n) is 4.17. The summed E-state index contributed by atoms with van der Waals surface area (Å²) in [4.78, 5) is 13.6. The van der Waals surface area contributed by atoms with Gasteiger partial charge in [-0.05, 0) is 31.0 Å². The van der Waals surface area contributed by atoms with E-state index in [1.165, 1.54) is 13.2 Å². The zero-order chi connectivity index (χ0) is 14.3. The van der Waals surface area contributed by atoms with E-state index in [4.69, 9.17) is 16.3 Å². The van der Waals surface area contributed by atoms with E-state index in [1.807, 2.05) is 6.92 Å². The molecule has 0 fully saturated rings. The standard InChI is InChI=1S/C14H19ClFNO2/c1-3-17(14(18)5-4-8-15)10-11-6-7-13(19-2)12(16)9-11/h6-7,9H,3-5,8,10H2,1-2H3. The van der Waals surface area contributed by atoms with Crippen LogP contribution in [0.5, 0.6) is 5.75 Å². The van der Waals surface area contributed by atoms with Crippen molar-refractivity contribution in [3.63, 3.8) is 0 Å². The van der Waals surface area contributed by atoms with Crippen LogP contribution in [-0.2, 0) is 11.3 Å². The number of nitrogens with zero attached hydrogens (tertiary/aromatic N) is 1. The zero-order valence-electron chi connectivity index (χ0n) is 11.3. The Morgan fingerprint density at radius 2 is 2.21 bits per heavy atom. The van der Waals surface area contributed by atoms with Crippen molar-refractivity contribution < 1.29 is 13.9 Å². The summed E-state index contributed by atoms with van der Waals surface area (Å²) in [6, 6.07) is 4.73. The van der Waals surface area contributed by atoms with E-state index >= 15 is 0 Å². The van der Waals surface area contributed by atoms with E-state index in [0.29, 0.717) is 31.8 Å². The van der Waals surface area contributed by atoms with Crippen LogP contribution >= 0.6 is 11.6 Å². The van der Waals surface area contributed by atoms with Crippen LogP contribution in [0.3, 0.4) is 0 Å². The third kappa shape index (κ3) is 4.71. The first kappa shape index (κ1) is 15.8. The molecule has 0 unspecified atom stereocenters. The van der Waals surface area contributed by atoms with Gasteiger partial charge in [0.25, 0.3) is 0 Å². The number of rotatable bonds is 7. The summed E-state index contributed by atoms with van der Waals surface area (Å²) in [5.74, 6) is 0.310. The van der Waals surface area contributed by atoms with Crippen LogP contribution in [0.1, 0.15) is 25.3 Å². The van der Waals surface area contributed by atoms with E-state index in [0.717, 1.165) is 5.56 Å². The van der Waals surface area contributed by atoms with Crippen molar-refractivity contribution in [2.24, 2.45) is 0 Å². The fourth-order valence-electron chi connectivity index (χ4n) is 1.78. The van der Waals surface area contributed by atoms with E-state index in [2.05, 4.69) is 0 Å². The molecular weight excluding hydrogens is 269 g/mol. The fraction of sp³-hybridized carbons (Fsp3) is 0.500. The molecule has 5 heteroatoms. The Morgan fingerprint density at radius 3 is 2.74 bits per heavy atom. The van der Waals surface area contributed by atoms with Crippen LogP contribution in [0.25, 0.3) is 0 Å². The molecule has 0 spiro atoms. The largest absolute Gasteiger partial charge is 0.494 e. The minimum absolute atomic E-state index is 0.0411. The number of amides is 1. The van der Waals surface area contributed by atoms with Gasteiger partial charge in [-0.25, -0.2) is 4.39 Å². The highest BCUT2D eigenvalue weighted by molar-refractivity contribution is 6.17. The molecule has 106 valence electrons. The number of alkyl halides is 1. The van der Waals surface area contributed by atoms with Gasteiger partial charge in [-0.1, -0.05) is 6.07 Å². The van der Waals surface area contributed by atoms with E-state index in [1.54, 1.807) is 17.0 Å². The Balaban J connectivity index is 2.70. The van der Waals surface area contributed by atoms with E-state index in [9.17, 15) is 9.18 Å². The van der Waals surface area contributed by atoms with Crippen molar-refractivity contribution in [1.29, 1.82) is 0 Å². The highest BCUT2D eigenvalue weighted by Crippen LogP contribution is 2.19. The summed E-state index contributed by atoms with van der Waals surface area (Å²) < 4.78 is 18.4. The SMILES string of the molecule is CCN(Cc1ccc(OC)c(F)c1)C(=O)CCCCl. The minimum atomic E-state index is -0.413. The van der Waals surface area contributed by atoms with E-state index < -0.39 is 5.82 Å². The maximum atomic E-state index is 13.6. The smallest absolute Gasteiger partial charge is 0.222 e. The van der Waals surface area contributed by atoms with Gasteiger partial charge < -0.3 is 9.64 Å². The third-order valence-corrected chi connectivity index (χ3v) is 3.12. The normalized spacial score (nSPS) is 10.3. The molecular formula is C14H19ClFNO2. The van der Waals surface area contributed by atoms with Gasteiger partial charge in [-0.15, -0.1) is 11.6 Å². The van der Waals surface area contributed by atoms with Gasteiger partial charge in [0.05, 0.1) is 7.11 Å². The van der Waals surface area contributed by atoms with Gasteiger partial charge >= 0.3 is 0 Å². The lowest BCUT2D eigenvalue weighted by Crippen LogP contribution is -2.30. The molecule has 0 heterocycles. The zero-order valence-corrected chi connectivity index (χ0v) is 12.0. The molecule has 19 heavy (non-hydrogen) atoms. The molecule has 0 radical (unpaired) electrons. The van der Waals surface area contributed by atoms with E-state index in [-0.39, 0.29) is 11.7 Å². The summed E-state index contributed by atoms with van der Waals surface area (Å²) >= 11 is 5.57. The number of halogens is 2.